The second-order valence-electron chi connectivity index (χ2n) is 10.1. The summed E-state index contributed by atoms with van der Waals surface area (Å²) in [6, 6.07) is 1.92. The fourth-order valence-corrected chi connectivity index (χ4v) is 6.88. The predicted octanol–water partition coefficient (Wildman–Crippen LogP) is 3.83. The van der Waals surface area contributed by atoms with Crippen LogP contribution in [0.4, 0.5) is 11.6 Å². The van der Waals surface area contributed by atoms with Crippen LogP contribution in [0.1, 0.15) is 50.4 Å². The van der Waals surface area contributed by atoms with Crippen molar-refractivity contribution in [1.82, 2.24) is 15.0 Å². The van der Waals surface area contributed by atoms with Gasteiger partial charge in [0.15, 0.2) is 5.82 Å². The normalized spacial score (nSPS) is 24.0. The van der Waals surface area contributed by atoms with Gasteiger partial charge in [0.1, 0.15) is 16.5 Å². The maximum Gasteiger partial charge on any atom is 0.153 e. The van der Waals surface area contributed by atoms with Crippen LogP contribution in [0, 0.1) is 12.3 Å². The summed E-state index contributed by atoms with van der Waals surface area (Å²) in [6.07, 6.45) is 7.29. The molecule has 35 heavy (non-hydrogen) atoms. The fraction of sp³-hybridized carbons (Fsp3) is 0.640. The van der Waals surface area contributed by atoms with Gasteiger partial charge in [-0.2, -0.15) is 0 Å². The van der Waals surface area contributed by atoms with Crippen molar-refractivity contribution in [2.45, 2.75) is 74.6 Å². The van der Waals surface area contributed by atoms with Crippen molar-refractivity contribution in [3.8, 4) is 0 Å². The molecule has 0 bridgehead atoms. The van der Waals surface area contributed by atoms with E-state index in [2.05, 4.69) is 21.7 Å². The third-order valence-electron chi connectivity index (χ3n) is 7.65. The standard InChI is InChI=1S/C25H34ClN5O3S/c1-16-12-25(15-34-16)6-10-30(11-7-25)22-19(14-33)29-24(17(2)28-22)35-20-5-8-27-23(21(20)26)31-9-3-4-18(31)13-32/h5,8,16,18,32-33H,3-4,6-7,9-15H2,1-2H3/t16-,18?/m0/s1. The number of halogens is 1. The van der Waals surface area contributed by atoms with Crippen molar-refractivity contribution in [2.24, 2.45) is 5.41 Å². The van der Waals surface area contributed by atoms with Gasteiger partial charge in [-0.1, -0.05) is 23.4 Å². The van der Waals surface area contributed by atoms with Crippen LogP contribution >= 0.6 is 23.4 Å². The molecule has 2 atom stereocenters. The number of rotatable bonds is 6. The second kappa shape index (κ2) is 10.4. The summed E-state index contributed by atoms with van der Waals surface area (Å²) < 4.78 is 5.87. The first kappa shape index (κ1) is 25.0. The summed E-state index contributed by atoms with van der Waals surface area (Å²) in [7, 11) is 0. The third-order valence-corrected chi connectivity index (χ3v) is 9.27. The largest absolute Gasteiger partial charge is 0.394 e. The van der Waals surface area contributed by atoms with Crippen LogP contribution in [0.2, 0.25) is 5.02 Å². The highest BCUT2D eigenvalue weighted by molar-refractivity contribution is 7.99. The predicted molar refractivity (Wildman–Crippen MR) is 137 cm³/mol. The van der Waals surface area contributed by atoms with Crippen LogP contribution in [0.15, 0.2) is 22.2 Å². The molecular weight excluding hydrogens is 486 g/mol. The minimum atomic E-state index is -0.167. The Kier molecular flexibility index (Phi) is 7.42. The molecule has 0 radical (unpaired) electrons. The van der Waals surface area contributed by atoms with Crippen molar-refractivity contribution in [3.63, 3.8) is 0 Å². The molecule has 3 aliphatic heterocycles. The van der Waals surface area contributed by atoms with Gasteiger partial charge in [-0.15, -0.1) is 0 Å². The van der Waals surface area contributed by atoms with Gasteiger partial charge >= 0.3 is 0 Å². The van der Waals surface area contributed by atoms with E-state index in [1.165, 1.54) is 11.8 Å². The highest BCUT2D eigenvalue weighted by atomic mass is 35.5. The van der Waals surface area contributed by atoms with Gasteiger partial charge in [-0.25, -0.2) is 15.0 Å². The molecule has 3 aliphatic rings. The summed E-state index contributed by atoms with van der Waals surface area (Å²) in [5, 5.41) is 21.2. The molecular formula is C25H34ClN5O3S. The number of ether oxygens (including phenoxy) is 1. The van der Waals surface area contributed by atoms with Gasteiger partial charge in [0.25, 0.3) is 0 Å². The Morgan fingerprint density at radius 3 is 2.69 bits per heavy atom. The van der Waals surface area contributed by atoms with Crippen LogP contribution in [0.3, 0.4) is 0 Å². The summed E-state index contributed by atoms with van der Waals surface area (Å²) in [5.41, 5.74) is 1.69. The zero-order chi connectivity index (χ0) is 24.6. The summed E-state index contributed by atoms with van der Waals surface area (Å²) >= 11 is 8.23. The SMILES string of the molecule is Cc1nc(N2CCC3(CC2)CO[C@@H](C)C3)c(CO)nc1Sc1ccnc(N2CCCC2CO)c1Cl. The third kappa shape index (κ3) is 4.98. The molecule has 2 aromatic rings. The van der Waals surface area contributed by atoms with Gasteiger partial charge in [-0.3, -0.25) is 0 Å². The van der Waals surface area contributed by atoms with Crippen molar-refractivity contribution < 1.29 is 14.9 Å². The lowest BCUT2D eigenvalue weighted by atomic mass is 9.77. The number of aryl methyl sites for hydroxylation is 1. The Morgan fingerprint density at radius 2 is 2.00 bits per heavy atom. The van der Waals surface area contributed by atoms with Crippen molar-refractivity contribution >= 4 is 35.0 Å². The Labute approximate surface area is 216 Å². The van der Waals surface area contributed by atoms with Gasteiger partial charge in [0.05, 0.1) is 42.7 Å². The maximum atomic E-state index is 10.1. The number of pyridine rings is 1. The lowest BCUT2D eigenvalue weighted by molar-refractivity contribution is 0.0975. The van der Waals surface area contributed by atoms with Crippen molar-refractivity contribution in [1.29, 1.82) is 0 Å². The zero-order valence-corrected chi connectivity index (χ0v) is 22.0. The van der Waals surface area contributed by atoms with E-state index in [0.29, 0.717) is 22.6 Å². The van der Waals surface area contributed by atoms with E-state index in [1.807, 2.05) is 13.0 Å². The van der Waals surface area contributed by atoms with E-state index in [-0.39, 0.29) is 24.7 Å². The highest BCUT2D eigenvalue weighted by Gasteiger charge is 2.41. The molecule has 2 aromatic heterocycles. The number of nitrogens with zero attached hydrogens (tertiary/aromatic N) is 5. The summed E-state index contributed by atoms with van der Waals surface area (Å²) in [5.74, 6) is 1.48. The van der Waals surface area contributed by atoms with Crippen LogP contribution in [-0.4, -0.2) is 70.2 Å². The molecule has 10 heteroatoms. The maximum absolute atomic E-state index is 10.1. The molecule has 0 aromatic carbocycles. The van der Waals surface area contributed by atoms with E-state index in [9.17, 15) is 10.2 Å². The highest BCUT2D eigenvalue weighted by Crippen LogP contribution is 2.43. The molecule has 0 saturated carbocycles. The number of aromatic nitrogens is 3. The molecule has 0 amide bonds. The molecule has 8 nitrogen and oxygen atoms in total. The molecule has 0 aliphatic carbocycles. The van der Waals surface area contributed by atoms with E-state index in [4.69, 9.17) is 26.3 Å². The van der Waals surface area contributed by atoms with Crippen LogP contribution in [-0.2, 0) is 11.3 Å². The molecule has 5 heterocycles. The Hall–Kier alpha value is -1.65. The second-order valence-corrected chi connectivity index (χ2v) is 11.5. The fourth-order valence-electron chi connectivity index (χ4n) is 5.67. The average molecular weight is 520 g/mol. The lowest BCUT2D eigenvalue weighted by Crippen LogP contribution is -2.41. The molecule has 2 N–H and O–H groups in total. The van der Waals surface area contributed by atoms with Crippen LogP contribution in [0.5, 0.6) is 0 Å². The lowest BCUT2D eigenvalue weighted by Gasteiger charge is -2.39. The molecule has 3 saturated heterocycles. The Morgan fingerprint density at radius 1 is 1.20 bits per heavy atom. The molecule has 190 valence electrons. The first-order valence-corrected chi connectivity index (χ1v) is 13.7. The minimum Gasteiger partial charge on any atom is -0.394 e. The van der Waals surface area contributed by atoms with Gasteiger partial charge < -0.3 is 24.7 Å². The number of piperidine rings is 1. The van der Waals surface area contributed by atoms with Gasteiger partial charge in [-0.05, 0) is 57.4 Å². The summed E-state index contributed by atoms with van der Waals surface area (Å²) in [6.45, 7) is 7.50. The minimum absolute atomic E-state index is 0.0461. The van der Waals surface area contributed by atoms with Gasteiger partial charge in [0, 0.05) is 30.7 Å². The molecule has 1 spiro atoms. The van der Waals surface area contributed by atoms with Gasteiger partial charge in [0.2, 0.25) is 0 Å². The molecule has 1 unspecified atom stereocenters. The number of hydrogen-bond acceptors (Lipinski definition) is 9. The topological polar surface area (TPSA) is 94.8 Å². The molecule has 5 rings (SSSR count). The number of hydrogen-bond donors (Lipinski definition) is 2. The van der Waals surface area contributed by atoms with E-state index < -0.39 is 0 Å². The average Bonchev–Trinajstić information content (AvgIpc) is 3.48. The smallest absolute Gasteiger partial charge is 0.153 e. The van der Waals surface area contributed by atoms with Crippen LogP contribution in [0.25, 0.3) is 0 Å². The summed E-state index contributed by atoms with van der Waals surface area (Å²) in [4.78, 5) is 19.4. The number of anilines is 2. The quantitative estimate of drug-likeness (QED) is 0.590. The van der Waals surface area contributed by atoms with E-state index >= 15 is 0 Å². The van der Waals surface area contributed by atoms with Crippen molar-refractivity contribution in [3.05, 3.63) is 28.7 Å². The van der Waals surface area contributed by atoms with Crippen molar-refractivity contribution in [2.75, 3.05) is 42.6 Å². The van der Waals surface area contributed by atoms with Crippen LogP contribution < -0.4 is 9.80 Å². The zero-order valence-electron chi connectivity index (χ0n) is 20.4. The molecule has 3 fully saturated rings. The number of aliphatic hydroxyl groups is 2. The van der Waals surface area contributed by atoms with E-state index in [0.717, 1.165) is 79.8 Å². The first-order valence-electron chi connectivity index (χ1n) is 12.5. The van der Waals surface area contributed by atoms with E-state index in [1.54, 1.807) is 6.20 Å². The number of aliphatic hydroxyl groups excluding tert-OH is 2. The Balaban J connectivity index is 1.35. The monoisotopic (exact) mass is 519 g/mol. The Bertz CT molecular complexity index is 1070. The first-order chi connectivity index (χ1) is 16.9.